The molecule has 3 aromatic carbocycles. The molecule has 0 aliphatic carbocycles. The highest BCUT2D eigenvalue weighted by Crippen LogP contribution is 2.38. The molecule has 0 saturated carbocycles. The van der Waals surface area contributed by atoms with Crippen LogP contribution < -0.4 is 0 Å². The van der Waals surface area contributed by atoms with Crippen LogP contribution in [0.2, 0.25) is 18.1 Å². The Bertz CT molecular complexity index is 1140. The van der Waals surface area contributed by atoms with Crippen molar-refractivity contribution in [2.45, 2.75) is 83.1 Å². The second-order valence-electron chi connectivity index (χ2n) is 12.7. The number of rotatable bonds is 12. The first kappa shape index (κ1) is 30.6. The molecule has 0 radical (unpaired) electrons. The van der Waals surface area contributed by atoms with E-state index in [9.17, 15) is 5.11 Å². The number of hydrogen-bond donors (Lipinski definition) is 1. The van der Waals surface area contributed by atoms with E-state index in [1.54, 1.807) is 0 Å². The molecule has 1 saturated heterocycles. The maximum Gasteiger partial charge on any atom is 0.113 e. The minimum Gasteiger partial charge on any atom is -0.389 e. The monoisotopic (exact) mass is 561 g/mol. The molecule has 1 aliphatic heterocycles. The zero-order valence-corrected chi connectivity index (χ0v) is 25.8. The smallest absolute Gasteiger partial charge is 0.113 e. The van der Waals surface area contributed by atoms with Gasteiger partial charge in [0.2, 0.25) is 0 Å². The van der Waals surface area contributed by atoms with Crippen LogP contribution in [-0.4, -0.2) is 61.8 Å². The minimum absolute atomic E-state index is 0.185. The molecular formula is C34H47NO4Si. The predicted molar refractivity (Wildman–Crippen MR) is 165 cm³/mol. The molecule has 3 aromatic rings. The summed E-state index contributed by atoms with van der Waals surface area (Å²) in [7, 11) is -1.71. The lowest BCUT2D eigenvalue weighted by atomic mass is 9.94. The molecule has 1 aliphatic rings. The van der Waals surface area contributed by atoms with Gasteiger partial charge in [0.15, 0.2) is 0 Å². The number of likely N-dealkylation sites (tertiary alicyclic amines) is 1. The van der Waals surface area contributed by atoms with Crippen LogP contribution in [0.1, 0.15) is 37.5 Å². The molecule has 1 fully saturated rings. The van der Waals surface area contributed by atoms with Crippen molar-refractivity contribution >= 4 is 8.07 Å². The molecule has 1 unspecified atom stereocenters. The van der Waals surface area contributed by atoms with Gasteiger partial charge in [-0.05, 0) is 27.9 Å². The van der Waals surface area contributed by atoms with E-state index in [4.69, 9.17) is 14.2 Å². The molecule has 4 rings (SSSR count). The topological polar surface area (TPSA) is 51.2 Å². The highest BCUT2D eigenvalue weighted by molar-refractivity contribution is 6.80. The van der Waals surface area contributed by atoms with Crippen LogP contribution in [0, 0.1) is 0 Å². The maximum atomic E-state index is 11.9. The number of aliphatic hydroxyl groups is 1. The molecule has 4 atom stereocenters. The van der Waals surface area contributed by atoms with Crippen molar-refractivity contribution in [3.8, 4) is 0 Å². The Labute approximate surface area is 242 Å². The van der Waals surface area contributed by atoms with Gasteiger partial charge in [0.25, 0.3) is 0 Å². The predicted octanol–water partition coefficient (Wildman–Crippen LogP) is 6.47. The third kappa shape index (κ3) is 8.35. The third-order valence-corrected chi connectivity index (χ3v) is 13.9. The van der Waals surface area contributed by atoms with Gasteiger partial charge in [-0.25, -0.2) is 0 Å². The molecule has 1 N–H and O–H groups in total. The van der Waals surface area contributed by atoms with Gasteiger partial charge < -0.3 is 19.3 Å². The molecule has 0 amide bonds. The fraction of sp³-hybridized carbons (Fsp3) is 0.471. The summed E-state index contributed by atoms with van der Waals surface area (Å²) in [5.74, 6) is 0. The highest BCUT2D eigenvalue weighted by atomic mass is 28.3. The van der Waals surface area contributed by atoms with Gasteiger partial charge in [-0.3, -0.25) is 4.90 Å². The Morgan fingerprint density at radius 1 is 0.750 bits per heavy atom. The zero-order valence-electron chi connectivity index (χ0n) is 24.8. The van der Waals surface area contributed by atoms with E-state index in [-0.39, 0.29) is 17.2 Å². The molecule has 40 heavy (non-hydrogen) atoms. The van der Waals surface area contributed by atoms with Crippen LogP contribution >= 0.6 is 0 Å². The standard InChI is InChI=1S/C34H47NO4Si/c1-34(2,3)40(4,5)26-35-21-31(38-23-28-17-11-7-12-18-28)33(39-24-29-19-13-8-14-20-29)32(36)30(35)25-37-22-27-15-9-6-10-16-27/h6-20,30-33,36H,21-26H2,1-5H3/t30?,31-,32+,33+/m0/s1. The van der Waals surface area contributed by atoms with Crippen LogP contribution in [0.25, 0.3) is 0 Å². The number of aliphatic hydroxyl groups excluding tert-OH is 1. The number of ether oxygens (including phenoxy) is 3. The normalized spacial score (nSPS) is 22.4. The van der Waals surface area contributed by atoms with Gasteiger partial charge in [0.05, 0.1) is 46.6 Å². The Morgan fingerprint density at radius 2 is 1.23 bits per heavy atom. The lowest BCUT2D eigenvalue weighted by molar-refractivity contribution is -0.190. The van der Waals surface area contributed by atoms with Crippen LogP contribution in [0.4, 0.5) is 0 Å². The van der Waals surface area contributed by atoms with Gasteiger partial charge in [-0.15, -0.1) is 0 Å². The molecule has 216 valence electrons. The number of piperidine rings is 1. The number of benzene rings is 3. The lowest BCUT2D eigenvalue weighted by Crippen LogP contribution is -2.66. The summed E-state index contributed by atoms with van der Waals surface area (Å²) in [5.41, 5.74) is 3.32. The van der Waals surface area contributed by atoms with Crippen molar-refractivity contribution in [3.05, 3.63) is 108 Å². The van der Waals surface area contributed by atoms with Gasteiger partial charge in [0.1, 0.15) is 12.2 Å². The Hall–Kier alpha value is -2.32. The summed E-state index contributed by atoms with van der Waals surface area (Å²) < 4.78 is 19.3. The summed E-state index contributed by atoms with van der Waals surface area (Å²) in [5, 5.41) is 12.1. The SMILES string of the molecule is CC(C)(C)[Si](C)(C)CN1C[C@H](OCc2ccccc2)[C@@H](OCc2ccccc2)[C@H](O)C1COCc1ccccc1. The fourth-order valence-electron chi connectivity index (χ4n) is 5.03. The van der Waals surface area contributed by atoms with E-state index in [1.807, 2.05) is 54.6 Å². The molecular weight excluding hydrogens is 514 g/mol. The van der Waals surface area contributed by atoms with Crippen molar-refractivity contribution in [2.75, 3.05) is 19.3 Å². The summed E-state index contributed by atoms with van der Waals surface area (Å²) in [6.45, 7) is 14.5. The molecule has 5 nitrogen and oxygen atoms in total. The average Bonchev–Trinajstić information content (AvgIpc) is 2.94. The highest BCUT2D eigenvalue weighted by Gasteiger charge is 2.47. The zero-order chi connectivity index (χ0) is 28.6. The Balaban J connectivity index is 1.56. The average molecular weight is 562 g/mol. The summed E-state index contributed by atoms with van der Waals surface area (Å²) in [6, 6.07) is 30.4. The van der Waals surface area contributed by atoms with E-state index in [2.05, 4.69) is 75.2 Å². The van der Waals surface area contributed by atoms with E-state index in [1.165, 1.54) is 0 Å². The molecule has 6 heteroatoms. The quantitative estimate of drug-likeness (QED) is 0.257. The first-order chi connectivity index (χ1) is 19.1. The van der Waals surface area contributed by atoms with Crippen molar-refractivity contribution in [1.29, 1.82) is 0 Å². The van der Waals surface area contributed by atoms with Crippen molar-refractivity contribution < 1.29 is 19.3 Å². The van der Waals surface area contributed by atoms with Gasteiger partial charge in [-0.2, -0.15) is 0 Å². The first-order valence-corrected chi connectivity index (χ1v) is 17.7. The van der Waals surface area contributed by atoms with Gasteiger partial charge in [-0.1, -0.05) is 125 Å². The number of hydrogen-bond acceptors (Lipinski definition) is 5. The largest absolute Gasteiger partial charge is 0.389 e. The van der Waals surface area contributed by atoms with Crippen LogP contribution in [0.3, 0.4) is 0 Å². The van der Waals surface area contributed by atoms with Crippen LogP contribution in [0.15, 0.2) is 91.0 Å². The van der Waals surface area contributed by atoms with Gasteiger partial charge in [0, 0.05) is 6.54 Å². The van der Waals surface area contributed by atoms with Crippen molar-refractivity contribution in [3.63, 3.8) is 0 Å². The lowest BCUT2D eigenvalue weighted by Gasteiger charge is -2.50. The minimum atomic E-state index is -1.71. The van der Waals surface area contributed by atoms with E-state index in [0.29, 0.717) is 33.0 Å². The third-order valence-electron chi connectivity index (χ3n) is 8.60. The Kier molecular flexibility index (Phi) is 10.7. The first-order valence-electron chi connectivity index (χ1n) is 14.5. The van der Waals surface area contributed by atoms with E-state index >= 15 is 0 Å². The van der Waals surface area contributed by atoms with Gasteiger partial charge >= 0.3 is 0 Å². The molecule has 0 bridgehead atoms. The second kappa shape index (κ2) is 14.0. The van der Waals surface area contributed by atoms with Crippen molar-refractivity contribution in [2.24, 2.45) is 0 Å². The molecule has 1 heterocycles. The van der Waals surface area contributed by atoms with Crippen LogP contribution in [0.5, 0.6) is 0 Å². The maximum absolute atomic E-state index is 11.9. The molecule has 0 spiro atoms. The second-order valence-corrected chi connectivity index (χ2v) is 18.3. The fourth-order valence-corrected chi connectivity index (χ4v) is 6.88. The molecule has 0 aromatic heterocycles. The van der Waals surface area contributed by atoms with Crippen LogP contribution in [-0.2, 0) is 34.0 Å². The van der Waals surface area contributed by atoms with E-state index in [0.717, 1.165) is 22.9 Å². The summed E-state index contributed by atoms with van der Waals surface area (Å²) in [4.78, 5) is 2.44. The Morgan fingerprint density at radius 3 is 1.73 bits per heavy atom. The van der Waals surface area contributed by atoms with E-state index < -0.39 is 20.3 Å². The summed E-state index contributed by atoms with van der Waals surface area (Å²) >= 11 is 0. The number of nitrogens with zero attached hydrogens (tertiary/aromatic N) is 1. The summed E-state index contributed by atoms with van der Waals surface area (Å²) in [6.07, 6.45) is -0.540. The van der Waals surface area contributed by atoms with Crippen molar-refractivity contribution in [1.82, 2.24) is 4.90 Å².